The molecule has 0 bridgehead atoms. The van der Waals surface area contributed by atoms with E-state index in [1.807, 2.05) is 20.0 Å². The number of carbonyl (C=O) groups excluding carboxylic acids is 1. The SMILES string of the molecule is CC(C)C(=O)OCCOC(C(C)Br)[Si](C)(C)Cl. The van der Waals surface area contributed by atoms with Crippen LogP contribution in [0, 0.1) is 5.92 Å². The van der Waals surface area contributed by atoms with Gasteiger partial charge in [0.2, 0.25) is 0 Å². The maximum Gasteiger partial charge on any atom is 0.308 e. The number of halogens is 2. The van der Waals surface area contributed by atoms with Gasteiger partial charge < -0.3 is 9.47 Å². The molecule has 0 amide bonds. The van der Waals surface area contributed by atoms with Crippen LogP contribution in [-0.2, 0) is 14.3 Å². The molecule has 0 aliphatic carbocycles. The molecule has 2 unspecified atom stereocenters. The molecule has 17 heavy (non-hydrogen) atoms. The van der Waals surface area contributed by atoms with Crippen LogP contribution in [0.3, 0.4) is 0 Å². The second-order valence-electron chi connectivity index (χ2n) is 4.86. The lowest BCUT2D eigenvalue weighted by Crippen LogP contribution is -2.44. The van der Waals surface area contributed by atoms with Gasteiger partial charge in [0, 0.05) is 4.83 Å². The minimum atomic E-state index is -1.89. The second-order valence-corrected chi connectivity index (χ2v) is 12.9. The number of hydrogen-bond acceptors (Lipinski definition) is 3. The minimum absolute atomic E-state index is 0.00178. The summed E-state index contributed by atoms with van der Waals surface area (Å²) in [6.45, 7) is 10.4. The quantitative estimate of drug-likeness (QED) is 0.233. The van der Waals surface area contributed by atoms with Crippen LogP contribution in [0.1, 0.15) is 20.8 Å². The highest BCUT2D eigenvalue weighted by atomic mass is 79.9. The summed E-state index contributed by atoms with van der Waals surface area (Å²) in [5.41, 5.74) is 0.00178. The highest BCUT2D eigenvalue weighted by molar-refractivity contribution is 9.09. The fourth-order valence-corrected chi connectivity index (χ4v) is 6.31. The first-order valence-electron chi connectivity index (χ1n) is 5.77. The van der Waals surface area contributed by atoms with Gasteiger partial charge >= 0.3 is 5.97 Å². The molecular formula is C11H22BrClO3Si. The molecule has 0 aromatic carbocycles. The number of rotatable bonds is 7. The summed E-state index contributed by atoms with van der Waals surface area (Å²) in [4.78, 5) is 11.4. The lowest BCUT2D eigenvalue weighted by molar-refractivity contribution is -0.149. The molecule has 2 atom stereocenters. The molecule has 0 aromatic heterocycles. The van der Waals surface area contributed by atoms with Crippen LogP contribution in [0.5, 0.6) is 0 Å². The van der Waals surface area contributed by atoms with Crippen molar-refractivity contribution in [1.29, 1.82) is 0 Å². The van der Waals surface area contributed by atoms with Crippen molar-refractivity contribution in [3.05, 3.63) is 0 Å². The van der Waals surface area contributed by atoms with E-state index in [4.69, 9.17) is 20.6 Å². The van der Waals surface area contributed by atoms with Crippen LogP contribution in [0.25, 0.3) is 0 Å². The summed E-state index contributed by atoms with van der Waals surface area (Å²) in [6.07, 6.45) is 0. The van der Waals surface area contributed by atoms with E-state index >= 15 is 0 Å². The molecule has 6 heteroatoms. The number of hydrogen-bond donors (Lipinski definition) is 0. The second kappa shape index (κ2) is 7.76. The minimum Gasteiger partial charge on any atom is -0.463 e. The van der Waals surface area contributed by atoms with Crippen LogP contribution in [-0.4, -0.2) is 37.1 Å². The predicted octanol–water partition coefficient (Wildman–Crippen LogP) is 3.34. The van der Waals surface area contributed by atoms with E-state index in [9.17, 15) is 4.79 Å². The predicted molar refractivity (Wildman–Crippen MR) is 77.3 cm³/mol. The normalized spacial score (nSPS) is 15.8. The van der Waals surface area contributed by atoms with Crippen molar-refractivity contribution in [2.75, 3.05) is 13.2 Å². The zero-order valence-corrected chi connectivity index (χ0v) is 14.5. The van der Waals surface area contributed by atoms with Crippen molar-refractivity contribution in [3.63, 3.8) is 0 Å². The molecule has 0 spiro atoms. The molecular weight excluding hydrogens is 324 g/mol. The van der Waals surface area contributed by atoms with E-state index in [2.05, 4.69) is 15.9 Å². The smallest absolute Gasteiger partial charge is 0.308 e. The molecule has 0 radical (unpaired) electrons. The summed E-state index contributed by atoms with van der Waals surface area (Å²) in [5, 5.41) is 0. The zero-order valence-electron chi connectivity index (χ0n) is 11.1. The summed E-state index contributed by atoms with van der Waals surface area (Å²) in [5.74, 6) is -0.292. The monoisotopic (exact) mass is 344 g/mol. The maximum atomic E-state index is 11.2. The molecule has 0 aliphatic heterocycles. The first-order chi connectivity index (χ1) is 7.66. The third kappa shape index (κ3) is 7.44. The average molecular weight is 346 g/mol. The Morgan fingerprint density at radius 3 is 2.18 bits per heavy atom. The molecule has 102 valence electrons. The first kappa shape index (κ1) is 17.4. The average Bonchev–Trinajstić information content (AvgIpc) is 2.13. The molecule has 0 fully saturated rings. The lowest BCUT2D eigenvalue weighted by atomic mass is 10.2. The Morgan fingerprint density at radius 2 is 1.82 bits per heavy atom. The third-order valence-electron chi connectivity index (χ3n) is 2.19. The van der Waals surface area contributed by atoms with Gasteiger partial charge in [-0.3, -0.25) is 4.79 Å². The van der Waals surface area contributed by atoms with Gasteiger partial charge in [-0.05, 0) is 0 Å². The van der Waals surface area contributed by atoms with Crippen LogP contribution >= 0.6 is 27.0 Å². The maximum absolute atomic E-state index is 11.2. The number of alkyl halides is 1. The Morgan fingerprint density at radius 1 is 1.29 bits per heavy atom. The molecule has 0 aromatic rings. The Hall–Kier alpha value is 0.417. The van der Waals surface area contributed by atoms with E-state index in [0.717, 1.165) is 0 Å². The molecule has 0 aliphatic rings. The standard InChI is InChI=1S/C11H22BrClO3Si/c1-8(2)10(14)15-6-7-16-11(9(3)12)17(4,5)13/h8-9,11H,6-7H2,1-5H3. The van der Waals surface area contributed by atoms with E-state index in [-0.39, 0.29) is 29.0 Å². The highest BCUT2D eigenvalue weighted by Crippen LogP contribution is 2.23. The van der Waals surface area contributed by atoms with E-state index in [1.54, 1.807) is 13.8 Å². The van der Waals surface area contributed by atoms with Crippen LogP contribution in [0.2, 0.25) is 13.1 Å². The van der Waals surface area contributed by atoms with Crippen molar-refractivity contribution in [2.24, 2.45) is 5.92 Å². The van der Waals surface area contributed by atoms with Crippen LogP contribution in [0.15, 0.2) is 0 Å². The van der Waals surface area contributed by atoms with Gasteiger partial charge in [0.25, 0.3) is 0 Å². The first-order valence-corrected chi connectivity index (χ1v) is 10.8. The van der Waals surface area contributed by atoms with Gasteiger partial charge in [0.1, 0.15) is 6.61 Å². The summed E-state index contributed by atoms with van der Waals surface area (Å²) in [6, 6.07) is 0. The van der Waals surface area contributed by atoms with Crippen LogP contribution in [0.4, 0.5) is 0 Å². The molecule has 0 rings (SSSR count). The van der Waals surface area contributed by atoms with Crippen molar-refractivity contribution in [2.45, 2.75) is 44.4 Å². The van der Waals surface area contributed by atoms with Crippen molar-refractivity contribution < 1.29 is 14.3 Å². The molecule has 3 nitrogen and oxygen atoms in total. The topological polar surface area (TPSA) is 35.5 Å². The van der Waals surface area contributed by atoms with E-state index < -0.39 is 7.38 Å². The van der Waals surface area contributed by atoms with Gasteiger partial charge in [0.05, 0.1) is 18.3 Å². The summed E-state index contributed by atoms with van der Waals surface area (Å²) < 4.78 is 10.7. The number of esters is 1. The van der Waals surface area contributed by atoms with E-state index in [0.29, 0.717) is 6.61 Å². The lowest BCUT2D eigenvalue weighted by Gasteiger charge is -2.28. The van der Waals surface area contributed by atoms with E-state index in [1.165, 1.54) is 0 Å². The zero-order chi connectivity index (χ0) is 13.6. The van der Waals surface area contributed by atoms with Gasteiger partial charge in [-0.25, -0.2) is 0 Å². The Bertz CT molecular complexity index is 241. The Balaban J connectivity index is 3.97. The molecule has 0 saturated heterocycles. The van der Waals surface area contributed by atoms with Gasteiger partial charge in [-0.2, -0.15) is 11.1 Å². The fourth-order valence-electron chi connectivity index (χ4n) is 1.36. The van der Waals surface area contributed by atoms with Crippen molar-refractivity contribution >= 4 is 40.4 Å². The molecule has 0 saturated carbocycles. The number of carbonyl (C=O) groups is 1. The Kier molecular flexibility index (Phi) is 7.96. The fraction of sp³-hybridized carbons (Fsp3) is 0.909. The largest absolute Gasteiger partial charge is 0.463 e. The Labute approximate surface area is 118 Å². The van der Waals surface area contributed by atoms with Crippen LogP contribution < -0.4 is 0 Å². The molecule has 0 heterocycles. The third-order valence-corrected chi connectivity index (χ3v) is 5.82. The van der Waals surface area contributed by atoms with Crippen molar-refractivity contribution in [3.8, 4) is 0 Å². The number of ether oxygens (including phenoxy) is 2. The summed E-state index contributed by atoms with van der Waals surface area (Å²) >= 11 is 9.86. The highest BCUT2D eigenvalue weighted by Gasteiger charge is 2.34. The van der Waals surface area contributed by atoms with Gasteiger partial charge in [-0.1, -0.05) is 49.8 Å². The summed E-state index contributed by atoms with van der Waals surface area (Å²) in [7, 11) is -1.89. The molecule has 0 N–H and O–H groups in total. The van der Waals surface area contributed by atoms with Crippen molar-refractivity contribution in [1.82, 2.24) is 0 Å². The van der Waals surface area contributed by atoms with Gasteiger partial charge in [0.15, 0.2) is 7.38 Å². The van der Waals surface area contributed by atoms with Gasteiger partial charge in [-0.15, -0.1) is 0 Å².